The normalized spacial score (nSPS) is 13.7. The quantitative estimate of drug-likeness (QED) is 0.132. The molecule has 246 valence electrons. The lowest BCUT2D eigenvalue weighted by molar-refractivity contribution is -0.121. The lowest BCUT2D eigenvalue weighted by atomic mass is 9.96. The Morgan fingerprint density at radius 1 is 0.918 bits per heavy atom. The lowest BCUT2D eigenvalue weighted by Gasteiger charge is -2.18. The number of carbonyl (C=O) groups is 4. The Morgan fingerprint density at radius 3 is 2.12 bits per heavy atom. The van der Waals surface area contributed by atoms with Gasteiger partial charge in [0, 0.05) is 17.5 Å². The Hall–Kier alpha value is -6.38. The predicted molar refractivity (Wildman–Crippen MR) is 177 cm³/mol. The molecule has 4 aromatic rings. The number of imide groups is 1. The molecule has 1 aliphatic heterocycles. The number of nitrogens with two attached hydrogens (primary N) is 1. The van der Waals surface area contributed by atoms with Crippen molar-refractivity contribution in [2.24, 2.45) is 0 Å². The molecule has 2 heterocycles. The van der Waals surface area contributed by atoms with E-state index in [1.165, 1.54) is 45.6 Å². The van der Waals surface area contributed by atoms with E-state index in [1.54, 1.807) is 42.5 Å². The number of ether oxygens (including phenoxy) is 4. The third-order valence-corrected chi connectivity index (χ3v) is 8.69. The molecule has 0 radical (unpaired) electrons. The molecule has 1 atom stereocenters. The van der Waals surface area contributed by atoms with E-state index in [0.29, 0.717) is 16.9 Å². The molecule has 1 aliphatic rings. The van der Waals surface area contributed by atoms with Crippen molar-refractivity contribution in [1.82, 2.24) is 4.98 Å². The second-order valence-electron chi connectivity index (χ2n) is 10.4. The molecule has 3 aromatic carbocycles. The van der Waals surface area contributed by atoms with Crippen molar-refractivity contribution >= 4 is 46.8 Å². The van der Waals surface area contributed by atoms with Gasteiger partial charge in [-0.2, -0.15) is 10.5 Å². The van der Waals surface area contributed by atoms with E-state index in [4.69, 9.17) is 24.7 Å². The van der Waals surface area contributed by atoms with Crippen LogP contribution in [0.2, 0.25) is 0 Å². The van der Waals surface area contributed by atoms with Crippen molar-refractivity contribution in [1.29, 1.82) is 10.5 Å². The van der Waals surface area contributed by atoms with Crippen LogP contribution >= 0.6 is 11.8 Å². The number of esters is 1. The maximum Gasteiger partial charge on any atom is 0.338 e. The second-order valence-corrected chi connectivity index (χ2v) is 11.5. The van der Waals surface area contributed by atoms with Gasteiger partial charge in [-0.1, -0.05) is 42.1 Å². The number of Topliss-reactive ketones (excluding diaryl/α,β-unsaturated/α-hetero) is 1. The second kappa shape index (κ2) is 14.6. The zero-order chi connectivity index (χ0) is 35.2. The fraction of sp³-hybridized carbons (Fsp3) is 0.171. The third-order valence-electron chi connectivity index (χ3n) is 7.52. The first kappa shape index (κ1) is 34.0. The number of hydrogen-bond donors (Lipinski definition) is 1. The minimum atomic E-state index is -0.985. The number of hydrogen-bond acceptors (Lipinski definition) is 13. The first-order valence-corrected chi connectivity index (χ1v) is 15.4. The molecule has 49 heavy (non-hydrogen) atoms. The van der Waals surface area contributed by atoms with Gasteiger partial charge in [-0.3, -0.25) is 14.4 Å². The molecular formula is C35H27N5O8S. The van der Waals surface area contributed by atoms with Crippen LogP contribution < -0.4 is 24.8 Å². The molecule has 0 bridgehead atoms. The van der Waals surface area contributed by atoms with Gasteiger partial charge in [0.1, 0.15) is 28.5 Å². The highest BCUT2D eigenvalue weighted by Crippen LogP contribution is 2.45. The van der Waals surface area contributed by atoms with Gasteiger partial charge in [-0.25, -0.2) is 14.7 Å². The predicted octanol–water partition coefficient (Wildman–Crippen LogP) is 4.56. The summed E-state index contributed by atoms with van der Waals surface area (Å²) in [6.07, 6.45) is -0.221. The fourth-order valence-corrected chi connectivity index (χ4v) is 6.29. The monoisotopic (exact) mass is 677 g/mol. The standard InChI is InChI=1S/C35H27N5O8S/c1-45-26-13-21(14-27(46-2)31(26)47-3)30-23(16-36)32(38)39-33(24(30)17-37)49-28-15-29(42)40(34(28)43)22-11-9-20(10-12-22)35(44)48-18-25(41)19-7-5-4-6-8-19/h4-14,28H,15,18H2,1-3H3,(H2,38,39). The van der Waals surface area contributed by atoms with Crippen molar-refractivity contribution in [3.05, 3.63) is 89.0 Å². The van der Waals surface area contributed by atoms with E-state index in [0.717, 1.165) is 16.7 Å². The number of thioether (sulfide) groups is 1. The van der Waals surface area contributed by atoms with Gasteiger partial charge < -0.3 is 24.7 Å². The van der Waals surface area contributed by atoms with Crippen LogP contribution in [0.15, 0.2) is 71.8 Å². The van der Waals surface area contributed by atoms with E-state index in [-0.39, 0.29) is 62.5 Å². The number of methoxy groups -OCH3 is 3. The van der Waals surface area contributed by atoms with Gasteiger partial charge in [0.25, 0.3) is 0 Å². The average molecular weight is 678 g/mol. The van der Waals surface area contributed by atoms with Gasteiger partial charge in [-0.05, 0) is 42.0 Å². The lowest BCUT2D eigenvalue weighted by Crippen LogP contribution is -2.31. The van der Waals surface area contributed by atoms with Crippen LogP contribution in [0, 0.1) is 22.7 Å². The van der Waals surface area contributed by atoms with Crippen LogP contribution in [0.1, 0.15) is 38.3 Å². The number of pyridine rings is 1. The number of anilines is 2. The Bertz CT molecular complexity index is 2030. The first-order chi connectivity index (χ1) is 23.6. The van der Waals surface area contributed by atoms with Gasteiger partial charge in [-0.15, -0.1) is 0 Å². The van der Waals surface area contributed by atoms with Crippen LogP contribution in [0.5, 0.6) is 17.2 Å². The molecule has 1 unspecified atom stereocenters. The molecule has 13 nitrogen and oxygen atoms in total. The van der Waals surface area contributed by atoms with Crippen molar-refractivity contribution < 1.29 is 38.1 Å². The largest absolute Gasteiger partial charge is 0.493 e. The molecule has 1 saturated heterocycles. The Morgan fingerprint density at radius 2 is 1.55 bits per heavy atom. The minimum Gasteiger partial charge on any atom is -0.493 e. The summed E-state index contributed by atoms with van der Waals surface area (Å²) in [5, 5.41) is 19.3. The van der Waals surface area contributed by atoms with E-state index in [2.05, 4.69) is 11.1 Å². The molecule has 14 heteroatoms. The Labute approximate surface area is 284 Å². The number of nitriles is 2. The Balaban J connectivity index is 1.38. The number of amides is 2. The molecule has 0 saturated carbocycles. The van der Waals surface area contributed by atoms with Crippen molar-refractivity contribution in [3.8, 4) is 40.5 Å². The van der Waals surface area contributed by atoms with Crippen LogP contribution in [0.25, 0.3) is 11.1 Å². The molecule has 0 spiro atoms. The summed E-state index contributed by atoms with van der Waals surface area (Å²) in [6, 6.07) is 21.2. The molecular weight excluding hydrogens is 650 g/mol. The maximum atomic E-state index is 13.6. The van der Waals surface area contributed by atoms with Gasteiger partial charge >= 0.3 is 5.97 Å². The zero-order valence-electron chi connectivity index (χ0n) is 26.4. The number of nitrogens with zero attached hydrogens (tertiary/aromatic N) is 4. The molecule has 2 N–H and O–H groups in total. The highest BCUT2D eigenvalue weighted by molar-refractivity contribution is 8.00. The van der Waals surface area contributed by atoms with Crippen molar-refractivity contribution in [2.45, 2.75) is 16.7 Å². The van der Waals surface area contributed by atoms with E-state index < -0.39 is 29.6 Å². The summed E-state index contributed by atoms with van der Waals surface area (Å²) < 4.78 is 21.4. The molecule has 1 fully saturated rings. The van der Waals surface area contributed by atoms with Crippen LogP contribution in [-0.4, -0.2) is 61.7 Å². The average Bonchev–Trinajstić information content (AvgIpc) is 3.41. The van der Waals surface area contributed by atoms with Crippen LogP contribution in [0.4, 0.5) is 11.5 Å². The number of rotatable bonds is 11. The number of ketones is 1. The molecule has 5 rings (SSSR count). The minimum absolute atomic E-state index is 0.0406. The highest BCUT2D eigenvalue weighted by Gasteiger charge is 2.41. The molecule has 2 amide bonds. The molecule has 0 aliphatic carbocycles. The summed E-state index contributed by atoms with van der Waals surface area (Å²) in [4.78, 5) is 56.7. The number of benzene rings is 3. The Kier molecular flexibility index (Phi) is 10.1. The fourth-order valence-electron chi connectivity index (χ4n) is 5.17. The number of nitrogen functional groups attached to an aromatic ring is 1. The third kappa shape index (κ3) is 6.72. The van der Waals surface area contributed by atoms with Crippen LogP contribution in [0.3, 0.4) is 0 Å². The van der Waals surface area contributed by atoms with Gasteiger partial charge in [0.15, 0.2) is 23.9 Å². The number of aromatic nitrogens is 1. The summed E-state index contributed by atoms with van der Waals surface area (Å²) in [5.41, 5.74) is 7.28. The summed E-state index contributed by atoms with van der Waals surface area (Å²) in [5.74, 6) is -1.58. The zero-order valence-corrected chi connectivity index (χ0v) is 27.2. The maximum absolute atomic E-state index is 13.6. The van der Waals surface area contributed by atoms with E-state index in [1.807, 2.05) is 6.07 Å². The van der Waals surface area contributed by atoms with Crippen LogP contribution in [-0.2, 0) is 14.3 Å². The van der Waals surface area contributed by atoms with E-state index in [9.17, 15) is 29.7 Å². The highest BCUT2D eigenvalue weighted by atomic mass is 32.2. The summed E-state index contributed by atoms with van der Waals surface area (Å²) >= 11 is 0.870. The van der Waals surface area contributed by atoms with Gasteiger partial charge in [0.05, 0.1) is 43.4 Å². The van der Waals surface area contributed by atoms with Gasteiger partial charge in [0.2, 0.25) is 17.6 Å². The summed E-state index contributed by atoms with van der Waals surface area (Å²) in [7, 11) is 4.27. The number of carbonyl (C=O) groups excluding carboxylic acids is 4. The topological polar surface area (TPSA) is 195 Å². The smallest absolute Gasteiger partial charge is 0.338 e. The van der Waals surface area contributed by atoms with Crippen molar-refractivity contribution in [3.63, 3.8) is 0 Å². The van der Waals surface area contributed by atoms with Crippen molar-refractivity contribution in [2.75, 3.05) is 38.6 Å². The SMILES string of the molecule is COc1cc(-c2c(C#N)c(N)nc(SC3CC(=O)N(c4ccc(C(=O)OCC(=O)c5ccccc5)cc4)C3=O)c2C#N)cc(OC)c1OC. The first-order valence-electron chi connectivity index (χ1n) is 14.5. The molecule has 1 aromatic heterocycles. The van der Waals surface area contributed by atoms with E-state index >= 15 is 0 Å². The summed E-state index contributed by atoms with van der Waals surface area (Å²) in [6.45, 7) is -0.452.